The normalized spacial score (nSPS) is 24.0. The van der Waals surface area contributed by atoms with E-state index >= 15 is 0 Å². The van der Waals surface area contributed by atoms with Gasteiger partial charge in [-0.25, -0.2) is 0 Å². The van der Waals surface area contributed by atoms with Crippen molar-refractivity contribution in [1.82, 2.24) is 9.88 Å². The van der Waals surface area contributed by atoms with Crippen molar-refractivity contribution in [2.45, 2.75) is 31.6 Å². The highest BCUT2D eigenvalue weighted by atomic mass is 16.5. The Morgan fingerprint density at radius 1 is 0.962 bits per heavy atom. The van der Waals surface area contributed by atoms with Gasteiger partial charge in [0.05, 0.1) is 17.7 Å². The summed E-state index contributed by atoms with van der Waals surface area (Å²) in [5.74, 6) is 0.754. The van der Waals surface area contributed by atoms with Crippen LogP contribution in [0.5, 0.6) is 0 Å². The van der Waals surface area contributed by atoms with Crippen molar-refractivity contribution >= 4 is 10.9 Å². The molecule has 2 atom stereocenters. The molecule has 26 heavy (non-hydrogen) atoms. The lowest BCUT2D eigenvalue weighted by Gasteiger charge is -2.38. The molecule has 3 aromatic rings. The standard InChI is InChI=1S/C23H24N2O/c1-2-5-18(6-3-1)22-15-25(16-23(26-22)19-9-10-19)14-17-8-11-21-20(13-17)7-4-12-24-21/h1-8,11-13,19,22-23H,9-10,14-16H2/t22-,23+/m0/s1. The lowest BCUT2D eigenvalue weighted by atomic mass is 10.0. The third-order valence-electron chi connectivity index (χ3n) is 5.59. The fourth-order valence-corrected chi connectivity index (χ4v) is 4.05. The Morgan fingerprint density at radius 2 is 1.85 bits per heavy atom. The predicted octanol–water partition coefficient (Wildman–Crippen LogP) is 4.59. The van der Waals surface area contributed by atoms with Gasteiger partial charge in [0.25, 0.3) is 0 Å². The van der Waals surface area contributed by atoms with Crippen molar-refractivity contribution in [2.75, 3.05) is 13.1 Å². The molecule has 1 aliphatic carbocycles. The zero-order valence-electron chi connectivity index (χ0n) is 14.9. The highest BCUT2D eigenvalue weighted by Gasteiger charge is 2.38. The third kappa shape index (κ3) is 3.37. The molecule has 0 spiro atoms. The van der Waals surface area contributed by atoms with E-state index in [0.717, 1.165) is 31.1 Å². The molecule has 0 bridgehead atoms. The Balaban J connectivity index is 1.37. The molecule has 3 nitrogen and oxygen atoms in total. The second kappa shape index (κ2) is 6.82. The molecule has 1 aliphatic heterocycles. The Kier molecular flexibility index (Phi) is 4.19. The smallest absolute Gasteiger partial charge is 0.0956 e. The van der Waals surface area contributed by atoms with Gasteiger partial charge in [0.2, 0.25) is 0 Å². The Labute approximate surface area is 154 Å². The number of aromatic nitrogens is 1. The molecule has 1 saturated heterocycles. The first-order chi connectivity index (χ1) is 12.8. The maximum Gasteiger partial charge on any atom is 0.0956 e. The summed E-state index contributed by atoms with van der Waals surface area (Å²) >= 11 is 0. The fraction of sp³-hybridized carbons (Fsp3) is 0.348. The van der Waals surface area contributed by atoms with Crippen LogP contribution in [0.25, 0.3) is 10.9 Å². The quantitative estimate of drug-likeness (QED) is 0.692. The Morgan fingerprint density at radius 3 is 2.69 bits per heavy atom. The zero-order valence-corrected chi connectivity index (χ0v) is 14.9. The fourth-order valence-electron chi connectivity index (χ4n) is 4.05. The molecule has 0 N–H and O–H groups in total. The third-order valence-corrected chi connectivity index (χ3v) is 5.59. The highest BCUT2D eigenvalue weighted by Crippen LogP contribution is 2.39. The first-order valence-corrected chi connectivity index (χ1v) is 9.61. The molecule has 2 fully saturated rings. The summed E-state index contributed by atoms with van der Waals surface area (Å²) in [6.45, 7) is 2.97. The van der Waals surface area contributed by atoms with Crippen LogP contribution in [0.1, 0.15) is 30.1 Å². The monoisotopic (exact) mass is 344 g/mol. The number of rotatable bonds is 4. The van der Waals surface area contributed by atoms with E-state index in [2.05, 4.69) is 64.5 Å². The van der Waals surface area contributed by atoms with E-state index < -0.39 is 0 Å². The Hall–Kier alpha value is -2.23. The van der Waals surface area contributed by atoms with Crippen molar-refractivity contribution < 1.29 is 4.74 Å². The largest absolute Gasteiger partial charge is 0.367 e. The maximum absolute atomic E-state index is 6.48. The van der Waals surface area contributed by atoms with Crippen LogP contribution >= 0.6 is 0 Å². The molecular weight excluding hydrogens is 320 g/mol. The van der Waals surface area contributed by atoms with E-state index in [1.165, 1.54) is 29.4 Å². The van der Waals surface area contributed by atoms with Gasteiger partial charge >= 0.3 is 0 Å². The van der Waals surface area contributed by atoms with Gasteiger partial charge in [0, 0.05) is 31.2 Å². The summed E-state index contributed by atoms with van der Waals surface area (Å²) in [5, 5.41) is 1.22. The molecule has 0 radical (unpaired) electrons. The van der Waals surface area contributed by atoms with Crippen molar-refractivity contribution in [2.24, 2.45) is 5.92 Å². The molecule has 132 valence electrons. The predicted molar refractivity (Wildman–Crippen MR) is 104 cm³/mol. The minimum absolute atomic E-state index is 0.178. The number of benzene rings is 2. The van der Waals surface area contributed by atoms with Gasteiger partial charge in [-0.05, 0) is 48.1 Å². The van der Waals surface area contributed by atoms with Crippen molar-refractivity contribution in [3.63, 3.8) is 0 Å². The Bertz CT molecular complexity index is 891. The molecule has 2 aliphatic rings. The van der Waals surface area contributed by atoms with Gasteiger partial charge < -0.3 is 4.74 Å². The molecule has 0 amide bonds. The van der Waals surface area contributed by atoms with Crippen LogP contribution in [0.2, 0.25) is 0 Å². The SMILES string of the molecule is c1ccc([C@@H]2CN(Cc3ccc4ncccc4c3)C[C@H](C3CC3)O2)cc1. The van der Waals surface area contributed by atoms with Crippen molar-refractivity contribution in [3.05, 3.63) is 78.0 Å². The maximum atomic E-state index is 6.48. The minimum Gasteiger partial charge on any atom is -0.367 e. The van der Waals surface area contributed by atoms with Gasteiger partial charge in [0.1, 0.15) is 0 Å². The first-order valence-electron chi connectivity index (χ1n) is 9.61. The second-order valence-corrected chi connectivity index (χ2v) is 7.64. The summed E-state index contributed by atoms with van der Waals surface area (Å²) < 4.78 is 6.48. The molecule has 3 heteroatoms. The number of fused-ring (bicyclic) bond motifs is 1. The summed E-state index contributed by atoms with van der Waals surface area (Å²) in [6.07, 6.45) is 5.05. The van der Waals surface area contributed by atoms with E-state index in [-0.39, 0.29) is 6.10 Å². The van der Waals surface area contributed by atoms with Gasteiger partial charge in [-0.1, -0.05) is 42.5 Å². The highest BCUT2D eigenvalue weighted by molar-refractivity contribution is 5.78. The lowest BCUT2D eigenvalue weighted by molar-refractivity contribution is -0.0985. The van der Waals surface area contributed by atoms with E-state index in [9.17, 15) is 0 Å². The topological polar surface area (TPSA) is 25.4 Å². The van der Waals surface area contributed by atoms with Gasteiger partial charge in [-0.3, -0.25) is 9.88 Å². The first kappa shape index (κ1) is 16.0. The zero-order chi connectivity index (χ0) is 17.3. The van der Waals surface area contributed by atoms with Crippen LogP contribution in [0, 0.1) is 5.92 Å². The van der Waals surface area contributed by atoms with Crippen molar-refractivity contribution in [3.8, 4) is 0 Å². The molecule has 2 heterocycles. The number of hydrogen-bond donors (Lipinski definition) is 0. The molecular formula is C23H24N2O. The minimum atomic E-state index is 0.178. The average Bonchev–Trinajstić information content (AvgIpc) is 3.54. The van der Waals surface area contributed by atoms with E-state index in [4.69, 9.17) is 4.74 Å². The van der Waals surface area contributed by atoms with Crippen LogP contribution < -0.4 is 0 Å². The van der Waals surface area contributed by atoms with E-state index in [1.54, 1.807) is 0 Å². The van der Waals surface area contributed by atoms with Crippen LogP contribution in [0.3, 0.4) is 0 Å². The van der Waals surface area contributed by atoms with Crippen LogP contribution in [0.4, 0.5) is 0 Å². The van der Waals surface area contributed by atoms with Crippen LogP contribution in [-0.2, 0) is 11.3 Å². The van der Waals surface area contributed by atoms with E-state index in [1.807, 2.05) is 12.3 Å². The summed E-state index contributed by atoms with van der Waals surface area (Å²) in [7, 11) is 0. The number of nitrogens with zero attached hydrogens (tertiary/aromatic N) is 2. The summed E-state index contributed by atoms with van der Waals surface area (Å²) in [6, 6.07) is 21.5. The van der Waals surface area contributed by atoms with Crippen LogP contribution in [-0.4, -0.2) is 29.1 Å². The van der Waals surface area contributed by atoms with Crippen LogP contribution in [0.15, 0.2) is 66.9 Å². The number of ether oxygens (including phenoxy) is 1. The molecule has 5 rings (SSSR count). The van der Waals surface area contributed by atoms with Gasteiger partial charge in [-0.15, -0.1) is 0 Å². The number of morpholine rings is 1. The number of pyridine rings is 1. The van der Waals surface area contributed by atoms with E-state index in [0.29, 0.717) is 6.10 Å². The van der Waals surface area contributed by atoms with Gasteiger partial charge in [0.15, 0.2) is 0 Å². The average molecular weight is 344 g/mol. The molecule has 2 aromatic carbocycles. The number of hydrogen-bond acceptors (Lipinski definition) is 3. The molecule has 1 aromatic heterocycles. The second-order valence-electron chi connectivity index (χ2n) is 7.64. The lowest BCUT2D eigenvalue weighted by Crippen LogP contribution is -2.44. The van der Waals surface area contributed by atoms with Crippen molar-refractivity contribution in [1.29, 1.82) is 0 Å². The van der Waals surface area contributed by atoms with Gasteiger partial charge in [-0.2, -0.15) is 0 Å². The molecule has 0 unspecified atom stereocenters. The summed E-state index contributed by atoms with van der Waals surface area (Å²) in [5.41, 5.74) is 3.72. The summed E-state index contributed by atoms with van der Waals surface area (Å²) in [4.78, 5) is 7.00. The molecule has 1 saturated carbocycles.